The van der Waals surface area contributed by atoms with Gasteiger partial charge >= 0.3 is 5.97 Å². The number of aliphatic carboxylic acids is 1. The quantitative estimate of drug-likeness (QED) is 0.838. The molecule has 1 amide bonds. The third-order valence-corrected chi connectivity index (χ3v) is 4.76. The number of carbonyl (C=O) groups excluding carboxylic acids is 1. The minimum absolute atomic E-state index is 0.0176. The molecule has 22 heavy (non-hydrogen) atoms. The average Bonchev–Trinajstić information content (AvgIpc) is 2.50. The Kier molecular flexibility index (Phi) is 3.91. The highest BCUT2D eigenvalue weighted by atomic mass is 35.5. The Balaban J connectivity index is 1.84. The fraction of sp³-hybridized carbons (Fsp3) is 0.375. The molecule has 1 saturated carbocycles. The Bertz CT molecular complexity index is 661. The minimum Gasteiger partial charge on any atom is -0.481 e. The van der Waals surface area contributed by atoms with Crippen LogP contribution in [0.1, 0.15) is 12.8 Å². The van der Waals surface area contributed by atoms with Crippen LogP contribution in [0.25, 0.3) is 0 Å². The number of allylic oxidation sites excluding steroid dienone is 2. The second-order valence-corrected chi connectivity index (χ2v) is 6.23. The first kappa shape index (κ1) is 15.0. The van der Waals surface area contributed by atoms with Crippen molar-refractivity contribution >= 4 is 29.2 Å². The van der Waals surface area contributed by atoms with Crippen molar-refractivity contribution in [3.63, 3.8) is 0 Å². The summed E-state index contributed by atoms with van der Waals surface area (Å²) in [5.74, 6) is -3.72. The number of amides is 1. The number of nitrogens with one attached hydrogen (secondary N) is 1. The topological polar surface area (TPSA) is 66.4 Å². The predicted molar refractivity (Wildman–Crippen MR) is 80.0 cm³/mol. The van der Waals surface area contributed by atoms with Gasteiger partial charge in [-0.2, -0.15) is 0 Å². The van der Waals surface area contributed by atoms with Crippen LogP contribution in [0.2, 0.25) is 5.02 Å². The monoisotopic (exact) mass is 323 g/mol. The maximum absolute atomic E-state index is 13.8. The molecule has 4 unspecified atom stereocenters. The van der Waals surface area contributed by atoms with Gasteiger partial charge in [-0.3, -0.25) is 9.59 Å². The van der Waals surface area contributed by atoms with Gasteiger partial charge in [0.25, 0.3) is 0 Å². The SMILES string of the molecule is O=C(O)C1C2C=CC(CC2)C1C(=O)Nc1ccc(Cl)cc1F. The Labute approximate surface area is 132 Å². The van der Waals surface area contributed by atoms with Gasteiger partial charge in [0, 0.05) is 5.02 Å². The van der Waals surface area contributed by atoms with E-state index >= 15 is 0 Å². The molecule has 116 valence electrons. The molecule has 4 atom stereocenters. The summed E-state index contributed by atoms with van der Waals surface area (Å²) in [6.45, 7) is 0. The molecule has 4 nitrogen and oxygen atoms in total. The van der Waals surface area contributed by atoms with Crippen molar-refractivity contribution in [3.8, 4) is 0 Å². The highest BCUT2D eigenvalue weighted by Crippen LogP contribution is 2.45. The van der Waals surface area contributed by atoms with Crippen LogP contribution in [-0.4, -0.2) is 17.0 Å². The van der Waals surface area contributed by atoms with E-state index in [1.807, 2.05) is 12.2 Å². The maximum Gasteiger partial charge on any atom is 0.307 e. The number of hydrogen-bond acceptors (Lipinski definition) is 2. The number of carboxylic acids is 1. The third kappa shape index (κ3) is 2.61. The normalized spacial score (nSPS) is 29.4. The van der Waals surface area contributed by atoms with E-state index in [1.54, 1.807) is 0 Å². The van der Waals surface area contributed by atoms with Crippen LogP contribution in [0.3, 0.4) is 0 Å². The molecule has 0 heterocycles. The van der Waals surface area contributed by atoms with Crippen molar-refractivity contribution < 1.29 is 19.1 Å². The van der Waals surface area contributed by atoms with E-state index in [1.165, 1.54) is 12.1 Å². The summed E-state index contributed by atoms with van der Waals surface area (Å²) < 4.78 is 13.8. The molecule has 0 aliphatic heterocycles. The Hall–Kier alpha value is -1.88. The average molecular weight is 324 g/mol. The van der Waals surface area contributed by atoms with Crippen molar-refractivity contribution in [2.45, 2.75) is 12.8 Å². The lowest BCUT2D eigenvalue weighted by Gasteiger charge is -2.41. The maximum atomic E-state index is 13.8. The number of hydrogen-bond donors (Lipinski definition) is 2. The van der Waals surface area contributed by atoms with Crippen molar-refractivity contribution in [1.29, 1.82) is 0 Å². The summed E-state index contributed by atoms with van der Waals surface area (Å²) in [5, 5.41) is 12.2. The molecule has 1 aromatic carbocycles. The second-order valence-electron chi connectivity index (χ2n) is 5.79. The molecule has 1 fully saturated rings. The van der Waals surface area contributed by atoms with Gasteiger partial charge in [-0.25, -0.2) is 4.39 Å². The number of carbonyl (C=O) groups is 2. The van der Waals surface area contributed by atoms with E-state index in [0.717, 1.165) is 18.9 Å². The molecule has 6 heteroatoms. The summed E-state index contributed by atoms with van der Waals surface area (Å²) in [6.07, 6.45) is 5.36. The molecule has 3 aliphatic rings. The first-order chi connectivity index (χ1) is 10.5. The molecule has 2 N–H and O–H groups in total. The molecule has 3 aliphatic carbocycles. The van der Waals surface area contributed by atoms with Crippen molar-refractivity contribution in [2.75, 3.05) is 5.32 Å². The first-order valence-electron chi connectivity index (χ1n) is 7.14. The van der Waals surface area contributed by atoms with Crippen LogP contribution in [0.5, 0.6) is 0 Å². The Morgan fingerprint density at radius 1 is 1.18 bits per heavy atom. The lowest BCUT2D eigenvalue weighted by atomic mass is 9.62. The van der Waals surface area contributed by atoms with E-state index in [-0.39, 0.29) is 22.5 Å². The van der Waals surface area contributed by atoms with Gasteiger partial charge in [-0.05, 0) is 42.9 Å². The van der Waals surface area contributed by atoms with Gasteiger partial charge in [-0.1, -0.05) is 23.8 Å². The molecule has 0 spiro atoms. The zero-order valence-electron chi connectivity index (χ0n) is 11.6. The third-order valence-electron chi connectivity index (χ3n) is 4.53. The van der Waals surface area contributed by atoms with Gasteiger partial charge in [0.1, 0.15) is 5.82 Å². The number of anilines is 1. The lowest BCUT2D eigenvalue weighted by Crippen LogP contribution is -2.47. The smallest absolute Gasteiger partial charge is 0.307 e. The van der Waals surface area contributed by atoms with Crippen LogP contribution in [0, 0.1) is 29.5 Å². The van der Waals surface area contributed by atoms with Gasteiger partial charge in [0.05, 0.1) is 17.5 Å². The Morgan fingerprint density at radius 3 is 2.36 bits per heavy atom. The van der Waals surface area contributed by atoms with E-state index < -0.39 is 29.5 Å². The molecule has 0 saturated heterocycles. The molecule has 1 aromatic rings. The minimum atomic E-state index is -0.976. The number of carboxylic acid groups (broad SMARTS) is 1. The Morgan fingerprint density at radius 2 is 1.82 bits per heavy atom. The van der Waals surface area contributed by atoms with Crippen LogP contribution in [0.4, 0.5) is 10.1 Å². The summed E-state index contributed by atoms with van der Waals surface area (Å²) >= 11 is 5.68. The zero-order valence-corrected chi connectivity index (χ0v) is 12.4. The van der Waals surface area contributed by atoms with Gasteiger partial charge < -0.3 is 10.4 Å². The highest BCUT2D eigenvalue weighted by Gasteiger charge is 2.48. The van der Waals surface area contributed by atoms with Gasteiger partial charge in [0.2, 0.25) is 5.91 Å². The number of benzene rings is 1. The summed E-state index contributed by atoms with van der Waals surface area (Å²) in [4.78, 5) is 24.0. The summed E-state index contributed by atoms with van der Waals surface area (Å²) in [5.41, 5.74) is 0.0176. The van der Waals surface area contributed by atoms with Crippen LogP contribution in [0.15, 0.2) is 30.4 Å². The molecular formula is C16H15ClFNO3. The number of rotatable bonds is 3. The number of fused-ring (bicyclic) bond motifs is 2. The summed E-state index contributed by atoms with van der Waals surface area (Å²) in [7, 11) is 0. The highest BCUT2D eigenvalue weighted by molar-refractivity contribution is 6.30. The molecule has 0 radical (unpaired) electrons. The van der Waals surface area contributed by atoms with Crippen molar-refractivity contribution in [2.24, 2.45) is 23.7 Å². The molecule has 2 bridgehead atoms. The molecule has 4 rings (SSSR count). The van der Waals surface area contributed by atoms with Crippen LogP contribution < -0.4 is 5.32 Å². The van der Waals surface area contributed by atoms with Crippen LogP contribution in [-0.2, 0) is 9.59 Å². The van der Waals surface area contributed by atoms with E-state index in [0.29, 0.717) is 0 Å². The molecule has 0 aromatic heterocycles. The lowest BCUT2D eigenvalue weighted by molar-refractivity contribution is -0.151. The van der Waals surface area contributed by atoms with Crippen molar-refractivity contribution in [1.82, 2.24) is 0 Å². The number of halogens is 2. The largest absolute Gasteiger partial charge is 0.481 e. The van der Waals surface area contributed by atoms with Gasteiger partial charge in [0.15, 0.2) is 0 Å². The predicted octanol–water partition coefficient (Wildman–Crippen LogP) is 3.33. The standard InChI is InChI=1S/C16H15ClFNO3/c17-10-5-6-12(11(18)7-10)19-15(20)13-8-1-3-9(4-2-8)14(13)16(21)22/h1,3,5-9,13-14H,2,4H2,(H,19,20)(H,21,22). The van der Waals surface area contributed by atoms with Crippen LogP contribution >= 0.6 is 11.6 Å². The zero-order chi connectivity index (χ0) is 15.9. The van der Waals surface area contributed by atoms with Crippen molar-refractivity contribution in [3.05, 3.63) is 41.2 Å². The fourth-order valence-corrected chi connectivity index (χ4v) is 3.65. The van der Waals surface area contributed by atoms with Gasteiger partial charge in [-0.15, -0.1) is 0 Å². The molecular weight excluding hydrogens is 309 g/mol. The van der Waals surface area contributed by atoms with E-state index in [4.69, 9.17) is 11.6 Å². The second kappa shape index (κ2) is 5.72. The summed E-state index contributed by atoms with van der Waals surface area (Å²) in [6, 6.07) is 3.96. The van der Waals surface area contributed by atoms with E-state index in [9.17, 15) is 19.1 Å². The first-order valence-corrected chi connectivity index (χ1v) is 7.52. The fourth-order valence-electron chi connectivity index (χ4n) is 3.50. The van der Waals surface area contributed by atoms with E-state index in [2.05, 4.69) is 5.32 Å².